The van der Waals surface area contributed by atoms with E-state index in [9.17, 15) is 4.79 Å². The number of nitrogens with zero attached hydrogens (tertiary/aromatic N) is 1. The lowest BCUT2D eigenvalue weighted by molar-refractivity contribution is 1.06. The minimum atomic E-state index is -0.338. The van der Waals surface area contributed by atoms with Gasteiger partial charge in [-0.25, -0.2) is 9.78 Å². The quantitative estimate of drug-likeness (QED) is 0.812. The van der Waals surface area contributed by atoms with E-state index in [2.05, 4.69) is 9.97 Å². The van der Waals surface area contributed by atoms with Gasteiger partial charge in [-0.15, -0.1) is 11.3 Å². The van der Waals surface area contributed by atoms with Crippen LogP contribution in [0.3, 0.4) is 0 Å². The highest BCUT2D eigenvalue weighted by atomic mass is 35.5. The Hall–Kier alpha value is -1.13. The van der Waals surface area contributed by atoms with Gasteiger partial charge in [0.2, 0.25) is 0 Å². The largest absolute Gasteiger partial charge is 0.345 e. The first kappa shape index (κ1) is 9.43. The summed E-state index contributed by atoms with van der Waals surface area (Å²) < 4.78 is 0.706. The van der Waals surface area contributed by atoms with Crippen LogP contribution in [-0.2, 0) is 0 Å². The number of aromatic nitrogens is 2. The van der Waals surface area contributed by atoms with Gasteiger partial charge in [0.15, 0.2) is 0 Å². The van der Waals surface area contributed by atoms with E-state index in [0.29, 0.717) is 4.34 Å². The van der Waals surface area contributed by atoms with Crippen LogP contribution in [0.2, 0.25) is 4.34 Å². The lowest BCUT2D eigenvalue weighted by atomic mass is 10.2. The first-order chi connectivity index (χ1) is 6.66. The number of halogens is 1. The molecule has 5 heteroatoms. The summed E-state index contributed by atoms with van der Waals surface area (Å²) in [5, 5.41) is 0. The van der Waals surface area contributed by atoms with E-state index in [-0.39, 0.29) is 5.69 Å². The third-order valence-electron chi connectivity index (χ3n) is 1.82. The molecule has 0 aromatic carbocycles. The fourth-order valence-corrected chi connectivity index (χ4v) is 2.27. The van der Waals surface area contributed by atoms with Crippen molar-refractivity contribution in [1.29, 1.82) is 0 Å². The van der Waals surface area contributed by atoms with Crippen LogP contribution in [0, 0.1) is 6.92 Å². The summed E-state index contributed by atoms with van der Waals surface area (Å²) in [5.41, 5.74) is 1.39. The molecule has 0 atom stereocenters. The Morgan fingerprint density at radius 1 is 1.50 bits per heavy atom. The van der Waals surface area contributed by atoms with E-state index < -0.39 is 0 Å². The molecule has 2 aromatic rings. The van der Waals surface area contributed by atoms with Crippen molar-refractivity contribution in [2.24, 2.45) is 0 Å². The summed E-state index contributed by atoms with van der Waals surface area (Å²) in [7, 11) is 0. The molecule has 0 aliphatic heterocycles. The summed E-state index contributed by atoms with van der Waals surface area (Å²) in [6, 6.07) is 3.69. The van der Waals surface area contributed by atoms with Crippen molar-refractivity contribution in [3.8, 4) is 10.6 Å². The highest BCUT2D eigenvalue weighted by Gasteiger charge is 2.05. The molecule has 2 heterocycles. The zero-order valence-electron chi connectivity index (χ0n) is 7.37. The van der Waals surface area contributed by atoms with Crippen molar-refractivity contribution in [2.45, 2.75) is 6.92 Å². The van der Waals surface area contributed by atoms with Gasteiger partial charge in [-0.1, -0.05) is 11.6 Å². The van der Waals surface area contributed by atoms with Gasteiger partial charge < -0.3 is 4.98 Å². The second-order valence-electron chi connectivity index (χ2n) is 2.85. The van der Waals surface area contributed by atoms with Gasteiger partial charge in [0.05, 0.1) is 14.9 Å². The molecule has 0 radical (unpaired) electrons. The SMILES string of the molecule is Cc1cnc(=O)[nH]c1-c1ccc(Cl)s1. The molecule has 2 rings (SSSR count). The molecular weight excluding hydrogens is 220 g/mol. The first-order valence-corrected chi connectivity index (χ1v) is 5.18. The molecule has 0 saturated carbocycles. The second-order valence-corrected chi connectivity index (χ2v) is 4.57. The number of nitrogens with one attached hydrogen (secondary N) is 1. The Bertz CT molecular complexity index is 518. The van der Waals surface area contributed by atoms with Crippen LogP contribution < -0.4 is 5.69 Å². The molecule has 0 saturated heterocycles. The number of rotatable bonds is 1. The van der Waals surface area contributed by atoms with Crippen LogP contribution in [0.1, 0.15) is 5.56 Å². The Morgan fingerprint density at radius 3 is 2.93 bits per heavy atom. The smallest absolute Gasteiger partial charge is 0.304 e. The van der Waals surface area contributed by atoms with E-state index in [1.54, 1.807) is 12.3 Å². The molecule has 0 aliphatic carbocycles. The van der Waals surface area contributed by atoms with Gasteiger partial charge >= 0.3 is 5.69 Å². The standard InChI is InChI=1S/C9H7ClN2OS/c1-5-4-11-9(13)12-8(5)6-2-3-7(10)14-6/h2-4H,1H3,(H,11,12,13). The van der Waals surface area contributed by atoms with Gasteiger partial charge in [-0.3, -0.25) is 0 Å². The topological polar surface area (TPSA) is 45.8 Å². The fourth-order valence-electron chi connectivity index (χ4n) is 1.16. The lowest BCUT2D eigenvalue weighted by Gasteiger charge is -2.00. The minimum absolute atomic E-state index is 0.338. The maximum atomic E-state index is 11.0. The van der Waals surface area contributed by atoms with Crippen LogP contribution in [0.25, 0.3) is 10.6 Å². The van der Waals surface area contributed by atoms with Gasteiger partial charge in [-0.05, 0) is 24.6 Å². The third-order valence-corrected chi connectivity index (χ3v) is 3.07. The fraction of sp³-hybridized carbons (Fsp3) is 0.111. The summed E-state index contributed by atoms with van der Waals surface area (Å²) in [6.45, 7) is 1.89. The molecule has 0 bridgehead atoms. The van der Waals surface area contributed by atoms with Gasteiger partial charge in [0.25, 0.3) is 0 Å². The van der Waals surface area contributed by atoms with E-state index in [4.69, 9.17) is 11.6 Å². The van der Waals surface area contributed by atoms with Gasteiger partial charge in [-0.2, -0.15) is 0 Å². The number of aryl methyl sites for hydroxylation is 1. The van der Waals surface area contributed by atoms with Crippen LogP contribution >= 0.6 is 22.9 Å². The molecule has 0 unspecified atom stereocenters. The minimum Gasteiger partial charge on any atom is -0.304 e. The number of hydrogen-bond acceptors (Lipinski definition) is 3. The molecule has 3 nitrogen and oxygen atoms in total. The van der Waals surface area contributed by atoms with Crippen molar-refractivity contribution in [3.63, 3.8) is 0 Å². The average Bonchev–Trinajstić information content (AvgIpc) is 2.56. The molecule has 72 valence electrons. The van der Waals surface area contributed by atoms with Crippen LogP contribution in [-0.4, -0.2) is 9.97 Å². The Balaban J connectivity index is 2.61. The normalized spacial score (nSPS) is 10.4. The third kappa shape index (κ3) is 1.71. The average molecular weight is 227 g/mol. The van der Waals surface area contributed by atoms with E-state index in [1.807, 2.05) is 13.0 Å². The molecule has 14 heavy (non-hydrogen) atoms. The van der Waals surface area contributed by atoms with Gasteiger partial charge in [0, 0.05) is 6.20 Å². The predicted octanol–water partition coefficient (Wildman–Crippen LogP) is 2.46. The number of aromatic amines is 1. The van der Waals surface area contributed by atoms with Crippen LogP contribution in [0.4, 0.5) is 0 Å². The summed E-state index contributed by atoms with van der Waals surface area (Å²) >= 11 is 7.24. The van der Waals surface area contributed by atoms with Crippen molar-refractivity contribution in [1.82, 2.24) is 9.97 Å². The van der Waals surface area contributed by atoms with Crippen molar-refractivity contribution >= 4 is 22.9 Å². The molecule has 0 aliphatic rings. The molecule has 2 aromatic heterocycles. The Kier molecular flexibility index (Phi) is 2.39. The highest BCUT2D eigenvalue weighted by Crippen LogP contribution is 2.30. The summed E-state index contributed by atoms with van der Waals surface area (Å²) in [6.07, 6.45) is 1.56. The highest BCUT2D eigenvalue weighted by molar-refractivity contribution is 7.19. The van der Waals surface area contributed by atoms with Crippen molar-refractivity contribution < 1.29 is 0 Å². The Labute approximate surface area is 89.4 Å². The maximum Gasteiger partial charge on any atom is 0.345 e. The Morgan fingerprint density at radius 2 is 2.29 bits per heavy atom. The summed E-state index contributed by atoms with van der Waals surface area (Å²) in [5.74, 6) is 0. The monoisotopic (exact) mass is 226 g/mol. The second kappa shape index (κ2) is 3.55. The van der Waals surface area contributed by atoms with Crippen LogP contribution in [0.5, 0.6) is 0 Å². The zero-order chi connectivity index (χ0) is 10.1. The molecule has 0 fully saturated rings. The number of H-pyrrole nitrogens is 1. The summed E-state index contributed by atoms with van der Waals surface area (Å²) in [4.78, 5) is 18.3. The zero-order valence-corrected chi connectivity index (χ0v) is 8.95. The molecule has 1 N–H and O–H groups in total. The van der Waals surface area contributed by atoms with Crippen molar-refractivity contribution in [3.05, 3.63) is 38.7 Å². The van der Waals surface area contributed by atoms with E-state index in [1.165, 1.54) is 11.3 Å². The maximum absolute atomic E-state index is 11.0. The van der Waals surface area contributed by atoms with E-state index >= 15 is 0 Å². The van der Waals surface area contributed by atoms with Gasteiger partial charge in [0.1, 0.15) is 0 Å². The number of hydrogen-bond donors (Lipinski definition) is 1. The lowest BCUT2D eigenvalue weighted by Crippen LogP contribution is -2.10. The molecule has 0 spiro atoms. The van der Waals surface area contributed by atoms with Crippen molar-refractivity contribution in [2.75, 3.05) is 0 Å². The number of thiophene rings is 1. The predicted molar refractivity (Wildman–Crippen MR) is 57.9 cm³/mol. The first-order valence-electron chi connectivity index (χ1n) is 3.98. The molecular formula is C9H7ClN2OS. The van der Waals surface area contributed by atoms with Crippen LogP contribution in [0.15, 0.2) is 23.1 Å². The molecule has 0 amide bonds. The van der Waals surface area contributed by atoms with E-state index in [0.717, 1.165) is 16.1 Å².